The van der Waals surface area contributed by atoms with Crippen molar-refractivity contribution in [3.63, 3.8) is 0 Å². The third kappa shape index (κ3) is 3.05. The Kier molecular flexibility index (Phi) is 3.64. The summed E-state index contributed by atoms with van der Waals surface area (Å²) in [5.41, 5.74) is 4.91. The highest BCUT2D eigenvalue weighted by molar-refractivity contribution is 5.60. The number of benzene rings is 1. The van der Waals surface area contributed by atoms with Crippen LogP contribution in [0.1, 0.15) is 37.6 Å². The van der Waals surface area contributed by atoms with E-state index in [-0.39, 0.29) is 5.41 Å². The maximum absolute atomic E-state index is 4.40. The van der Waals surface area contributed by atoms with E-state index in [0.717, 1.165) is 36.7 Å². The summed E-state index contributed by atoms with van der Waals surface area (Å²) in [7, 11) is 0. The average Bonchev–Trinajstić information content (AvgIpc) is 2.47. The maximum Gasteiger partial charge on any atom is 0.138 e. The Hall–Kier alpha value is -1.94. The molecule has 1 aliphatic heterocycles. The van der Waals surface area contributed by atoms with E-state index in [2.05, 4.69) is 65.6 Å². The van der Waals surface area contributed by atoms with Gasteiger partial charge in [-0.15, -0.1) is 0 Å². The van der Waals surface area contributed by atoms with E-state index in [1.807, 2.05) is 0 Å². The van der Waals surface area contributed by atoms with Gasteiger partial charge in [0, 0.05) is 30.8 Å². The van der Waals surface area contributed by atoms with Crippen LogP contribution in [0.5, 0.6) is 0 Å². The number of rotatable bonds is 2. The van der Waals surface area contributed by atoms with Gasteiger partial charge in [0.1, 0.15) is 12.1 Å². The van der Waals surface area contributed by atoms with Crippen molar-refractivity contribution in [2.75, 3.05) is 11.9 Å². The van der Waals surface area contributed by atoms with E-state index < -0.39 is 0 Å². The molecule has 0 radical (unpaired) electrons. The maximum atomic E-state index is 4.40. The van der Waals surface area contributed by atoms with Crippen LogP contribution in [0.4, 0.5) is 11.5 Å². The molecule has 0 aliphatic carbocycles. The monoisotopic (exact) mass is 282 g/mol. The van der Waals surface area contributed by atoms with Crippen LogP contribution in [0.15, 0.2) is 30.6 Å². The van der Waals surface area contributed by atoms with Crippen molar-refractivity contribution >= 4 is 11.5 Å². The van der Waals surface area contributed by atoms with Gasteiger partial charge in [0.15, 0.2) is 0 Å². The molecule has 4 heteroatoms. The van der Waals surface area contributed by atoms with Gasteiger partial charge in [-0.3, -0.25) is 0 Å². The van der Waals surface area contributed by atoms with Gasteiger partial charge < -0.3 is 10.6 Å². The molecule has 1 aromatic carbocycles. The summed E-state index contributed by atoms with van der Waals surface area (Å²) in [5.74, 6) is 0.913. The first-order valence-corrected chi connectivity index (χ1v) is 7.45. The lowest BCUT2D eigenvalue weighted by molar-refractivity contribution is 0.590. The minimum Gasteiger partial charge on any atom is -0.340 e. The van der Waals surface area contributed by atoms with Crippen molar-refractivity contribution in [1.29, 1.82) is 0 Å². The molecule has 3 rings (SSSR count). The Morgan fingerprint density at radius 1 is 1.10 bits per heavy atom. The summed E-state index contributed by atoms with van der Waals surface area (Å²) in [5, 5.41) is 6.80. The van der Waals surface area contributed by atoms with Crippen LogP contribution in [-0.2, 0) is 18.4 Å². The molecule has 0 fully saturated rings. The Morgan fingerprint density at radius 3 is 2.57 bits per heavy atom. The van der Waals surface area contributed by atoms with Gasteiger partial charge in [-0.25, -0.2) is 9.97 Å². The van der Waals surface area contributed by atoms with Crippen LogP contribution in [0, 0.1) is 0 Å². The number of nitrogens with zero attached hydrogens (tertiary/aromatic N) is 2. The molecule has 0 saturated carbocycles. The molecule has 0 atom stereocenters. The fraction of sp³-hybridized carbons (Fsp3) is 0.412. The third-order valence-corrected chi connectivity index (χ3v) is 3.89. The molecule has 0 amide bonds. The molecule has 1 aromatic heterocycles. The first-order chi connectivity index (χ1) is 10.0. The lowest BCUT2D eigenvalue weighted by atomic mass is 9.87. The smallest absolute Gasteiger partial charge is 0.138 e. The van der Waals surface area contributed by atoms with Gasteiger partial charge in [-0.05, 0) is 23.1 Å². The summed E-state index contributed by atoms with van der Waals surface area (Å²) in [6, 6.07) is 8.58. The zero-order chi connectivity index (χ0) is 14.9. The van der Waals surface area contributed by atoms with E-state index in [1.165, 1.54) is 11.1 Å². The molecule has 2 heterocycles. The average molecular weight is 282 g/mol. The molecule has 2 aromatic rings. The first-order valence-electron chi connectivity index (χ1n) is 7.45. The predicted molar refractivity (Wildman–Crippen MR) is 85.9 cm³/mol. The second kappa shape index (κ2) is 5.45. The molecular formula is C17H22N4. The molecule has 2 N–H and O–H groups in total. The molecule has 0 saturated heterocycles. The van der Waals surface area contributed by atoms with Gasteiger partial charge in [0.25, 0.3) is 0 Å². The Labute approximate surface area is 126 Å². The SMILES string of the molecule is CC(C)(C)c1ccc(Nc2ncnc3c2CNCC3)cc1. The molecule has 21 heavy (non-hydrogen) atoms. The van der Waals surface area contributed by atoms with Gasteiger partial charge in [-0.2, -0.15) is 0 Å². The number of aromatic nitrogens is 2. The summed E-state index contributed by atoms with van der Waals surface area (Å²) in [4.78, 5) is 8.77. The van der Waals surface area contributed by atoms with Crippen LogP contribution < -0.4 is 10.6 Å². The molecule has 110 valence electrons. The fourth-order valence-corrected chi connectivity index (χ4v) is 2.57. The molecular weight excluding hydrogens is 260 g/mol. The number of hydrogen-bond donors (Lipinski definition) is 2. The van der Waals surface area contributed by atoms with Crippen LogP contribution >= 0.6 is 0 Å². The van der Waals surface area contributed by atoms with Crippen LogP contribution in [0.2, 0.25) is 0 Å². The Bertz CT molecular complexity index is 626. The Balaban J connectivity index is 1.84. The highest BCUT2D eigenvalue weighted by Gasteiger charge is 2.16. The summed E-state index contributed by atoms with van der Waals surface area (Å²) >= 11 is 0. The molecule has 1 aliphatic rings. The summed E-state index contributed by atoms with van der Waals surface area (Å²) in [6.45, 7) is 8.49. The Morgan fingerprint density at radius 2 is 1.86 bits per heavy atom. The first kappa shape index (κ1) is 14.0. The zero-order valence-corrected chi connectivity index (χ0v) is 12.9. The van der Waals surface area contributed by atoms with Gasteiger partial charge >= 0.3 is 0 Å². The zero-order valence-electron chi connectivity index (χ0n) is 12.9. The van der Waals surface area contributed by atoms with E-state index in [1.54, 1.807) is 6.33 Å². The number of anilines is 2. The predicted octanol–water partition coefficient (Wildman–Crippen LogP) is 3.16. The summed E-state index contributed by atoms with van der Waals surface area (Å²) in [6.07, 6.45) is 2.62. The second-order valence-electron chi connectivity index (χ2n) is 6.53. The highest BCUT2D eigenvalue weighted by atomic mass is 15.0. The van der Waals surface area contributed by atoms with Crippen molar-refractivity contribution in [2.24, 2.45) is 0 Å². The number of fused-ring (bicyclic) bond motifs is 1. The van der Waals surface area contributed by atoms with Gasteiger partial charge in [-0.1, -0.05) is 32.9 Å². The highest BCUT2D eigenvalue weighted by Crippen LogP contribution is 2.26. The van der Waals surface area contributed by atoms with Gasteiger partial charge in [0.2, 0.25) is 0 Å². The fourth-order valence-electron chi connectivity index (χ4n) is 2.57. The lowest BCUT2D eigenvalue weighted by Gasteiger charge is -2.21. The van der Waals surface area contributed by atoms with E-state index in [0.29, 0.717) is 0 Å². The standard InChI is InChI=1S/C17H22N4/c1-17(2,3)12-4-6-13(7-5-12)21-16-14-10-18-9-8-15(14)19-11-20-16/h4-7,11,18H,8-10H2,1-3H3,(H,19,20,21). The normalized spacial score (nSPS) is 14.6. The summed E-state index contributed by atoms with van der Waals surface area (Å²) < 4.78 is 0. The molecule has 4 nitrogen and oxygen atoms in total. The quantitative estimate of drug-likeness (QED) is 0.888. The van der Waals surface area contributed by atoms with Gasteiger partial charge in [0.05, 0.1) is 5.69 Å². The van der Waals surface area contributed by atoms with Crippen molar-refractivity contribution in [2.45, 2.75) is 39.2 Å². The molecule has 0 unspecified atom stereocenters. The minimum absolute atomic E-state index is 0.177. The third-order valence-electron chi connectivity index (χ3n) is 3.89. The topological polar surface area (TPSA) is 49.8 Å². The second-order valence-corrected chi connectivity index (χ2v) is 6.53. The van der Waals surface area contributed by atoms with E-state index in [9.17, 15) is 0 Å². The van der Waals surface area contributed by atoms with Crippen molar-refractivity contribution in [3.8, 4) is 0 Å². The van der Waals surface area contributed by atoms with E-state index in [4.69, 9.17) is 0 Å². The van der Waals surface area contributed by atoms with Crippen molar-refractivity contribution in [1.82, 2.24) is 15.3 Å². The molecule has 0 spiro atoms. The van der Waals surface area contributed by atoms with Crippen LogP contribution in [0.3, 0.4) is 0 Å². The van der Waals surface area contributed by atoms with Crippen LogP contribution in [0.25, 0.3) is 0 Å². The van der Waals surface area contributed by atoms with Crippen molar-refractivity contribution < 1.29 is 0 Å². The number of nitrogens with one attached hydrogen (secondary N) is 2. The van der Waals surface area contributed by atoms with Crippen LogP contribution in [-0.4, -0.2) is 16.5 Å². The van der Waals surface area contributed by atoms with Crippen molar-refractivity contribution in [3.05, 3.63) is 47.4 Å². The molecule has 0 bridgehead atoms. The number of hydrogen-bond acceptors (Lipinski definition) is 4. The largest absolute Gasteiger partial charge is 0.340 e. The minimum atomic E-state index is 0.177. The van der Waals surface area contributed by atoms with E-state index >= 15 is 0 Å². The lowest BCUT2D eigenvalue weighted by Crippen LogP contribution is -2.25.